The lowest BCUT2D eigenvalue weighted by Gasteiger charge is -2.14. The van der Waals surface area contributed by atoms with Crippen LogP contribution in [-0.2, 0) is 9.53 Å². The number of allylic oxidation sites excluding steroid dienone is 1. The molecule has 0 bridgehead atoms. The van der Waals surface area contributed by atoms with Crippen LogP contribution >= 0.6 is 23.2 Å². The van der Waals surface area contributed by atoms with Crippen molar-refractivity contribution in [1.29, 1.82) is 0 Å². The van der Waals surface area contributed by atoms with E-state index in [1.165, 1.54) is 13.2 Å². The van der Waals surface area contributed by atoms with Gasteiger partial charge in [-0.1, -0.05) is 65.7 Å². The first-order valence-electron chi connectivity index (χ1n) is 6.38. The topological polar surface area (TPSA) is 26.3 Å². The van der Waals surface area contributed by atoms with Gasteiger partial charge in [0.2, 0.25) is 0 Å². The molecule has 21 heavy (non-hydrogen) atoms. The van der Waals surface area contributed by atoms with Crippen LogP contribution in [0.5, 0.6) is 0 Å². The van der Waals surface area contributed by atoms with E-state index in [0.29, 0.717) is 10.0 Å². The van der Waals surface area contributed by atoms with E-state index in [1.54, 1.807) is 12.1 Å². The summed E-state index contributed by atoms with van der Waals surface area (Å²) in [6.45, 7) is 0. The van der Waals surface area contributed by atoms with Gasteiger partial charge < -0.3 is 4.74 Å². The number of rotatable bonds is 4. The smallest absolute Gasteiger partial charge is 0.330 e. The van der Waals surface area contributed by atoms with Gasteiger partial charge in [0.05, 0.1) is 17.2 Å². The van der Waals surface area contributed by atoms with E-state index in [9.17, 15) is 4.79 Å². The number of esters is 1. The molecule has 0 N–H and O–H groups in total. The van der Waals surface area contributed by atoms with Gasteiger partial charge in [-0.3, -0.25) is 0 Å². The molecule has 0 aliphatic carbocycles. The van der Waals surface area contributed by atoms with Gasteiger partial charge in [-0.25, -0.2) is 4.79 Å². The molecule has 2 aromatic rings. The highest BCUT2D eigenvalue weighted by molar-refractivity contribution is 6.42. The standard InChI is InChI=1S/C17H14Cl2O2/c1-21-17(20)10-8-14(12-5-3-2-4-6-12)13-7-9-15(18)16(19)11-13/h2-11,14H,1H3/b10-8+/t14-/m0/s1. The summed E-state index contributed by atoms with van der Waals surface area (Å²) in [5.41, 5.74) is 2.01. The maximum Gasteiger partial charge on any atom is 0.330 e. The van der Waals surface area contributed by atoms with Crippen molar-refractivity contribution >= 4 is 29.2 Å². The molecule has 0 aliphatic rings. The molecule has 2 rings (SSSR count). The Morgan fingerprint density at radius 1 is 1.05 bits per heavy atom. The predicted molar refractivity (Wildman–Crippen MR) is 85.9 cm³/mol. The summed E-state index contributed by atoms with van der Waals surface area (Å²) in [6.07, 6.45) is 3.21. The first-order valence-corrected chi connectivity index (χ1v) is 7.13. The zero-order valence-corrected chi connectivity index (χ0v) is 12.9. The van der Waals surface area contributed by atoms with Crippen LogP contribution in [0, 0.1) is 0 Å². The minimum Gasteiger partial charge on any atom is -0.466 e. The molecule has 0 heterocycles. The Bertz CT molecular complexity index is 651. The Morgan fingerprint density at radius 3 is 2.38 bits per heavy atom. The van der Waals surface area contributed by atoms with Gasteiger partial charge >= 0.3 is 5.97 Å². The van der Waals surface area contributed by atoms with Crippen molar-refractivity contribution < 1.29 is 9.53 Å². The first kappa shape index (κ1) is 15.6. The van der Waals surface area contributed by atoms with Crippen LogP contribution in [-0.4, -0.2) is 13.1 Å². The Hall–Kier alpha value is -1.77. The summed E-state index contributed by atoms with van der Waals surface area (Å²) >= 11 is 12.0. The van der Waals surface area contributed by atoms with Crippen molar-refractivity contribution in [2.45, 2.75) is 5.92 Å². The molecule has 2 nitrogen and oxygen atoms in total. The molecule has 0 fully saturated rings. The number of ether oxygens (including phenoxy) is 1. The molecule has 108 valence electrons. The van der Waals surface area contributed by atoms with E-state index < -0.39 is 5.97 Å². The number of carbonyl (C=O) groups is 1. The molecule has 0 unspecified atom stereocenters. The maximum absolute atomic E-state index is 11.3. The molecular formula is C17H14Cl2O2. The lowest BCUT2D eigenvalue weighted by Crippen LogP contribution is -2.01. The lowest BCUT2D eigenvalue weighted by atomic mass is 9.91. The highest BCUT2D eigenvalue weighted by Crippen LogP contribution is 2.31. The molecule has 0 saturated heterocycles. The summed E-state index contributed by atoms with van der Waals surface area (Å²) in [4.78, 5) is 11.3. The maximum atomic E-state index is 11.3. The minimum absolute atomic E-state index is 0.0972. The van der Waals surface area contributed by atoms with Crippen molar-refractivity contribution in [2.75, 3.05) is 7.11 Å². The first-order chi connectivity index (χ1) is 10.1. The third kappa shape index (κ3) is 4.10. The molecule has 0 saturated carbocycles. The van der Waals surface area contributed by atoms with Crippen molar-refractivity contribution in [3.8, 4) is 0 Å². The molecule has 0 aromatic heterocycles. The van der Waals surface area contributed by atoms with Crippen molar-refractivity contribution in [3.05, 3.63) is 81.9 Å². The van der Waals surface area contributed by atoms with E-state index in [-0.39, 0.29) is 5.92 Å². The molecule has 4 heteroatoms. The van der Waals surface area contributed by atoms with Crippen LogP contribution in [0.15, 0.2) is 60.7 Å². The summed E-state index contributed by atoms with van der Waals surface area (Å²) in [5.74, 6) is -0.490. The Kier molecular flexibility index (Phi) is 5.43. The predicted octanol–water partition coefficient (Wildman–Crippen LogP) is 4.85. The summed E-state index contributed by atoms with van der Waals surface area (Å²) in [7, 11) is 1.35. The van der Waals surface area contributed by atoms with Crippen LogP contribution in [0.1, 0.15) is 17.0 Å². The highest BCUT2D eigenvalue weighted by atomic mass is 35.5. The molecule has 0 spiro atoms. The number of methoxy groups -OCH3 is 1. The number of benzene rings is 2. The zero-order valence-electron chi connectivity index (χ0n) is 11.4. The fourth-order valence-corrected chi connectivity index (χ4v) is 2.33. The van der Waals surface area contributed by atoms with Gasteiger partial charge in [0.15, 0.2) is 0 Å². The van der Waals surface area contributed by atoms with Crippen molar-refractivity contribution in [2.24, 2.45) is 0 Å². The van der Waals surface area contributed by atoms with Crippen molar-refractivity contribution in [3.63, 3.8) is 0 Å². The van der Waals surface area contributed by atoms with E-state index in [0.717, 1.165) is 11.1 Å². The van der Waals surface area contributed by atoms with E-state index in [4.69, 9.17) is 23.2 Å². The third-order valence-corrected chi connectivity index (χ3v) is 3.83. The Morgan fingerprint density at radius 2 is 1.76 bits per heavy atom. The largest absolute Gasteiger partial charge is 0.466 e. The quantitative estimate of drug-likeness (QED) is 0.594. The van der Waals surface area contributed by atoms with Crippen LogP contribution in [0.4, 0.5) is 0 Å². The van der Waals surface area contributed by atoms with Gasteiger partial charge in [0, 0.05) is 12.0 Å². The van der Waals surface area contributed by atoms with E-state index in [2.05, 4.69) is 4.74 Å². The second-order valence-corrected chi connectivity index (χ2v) is 5.26. The molecule has 2 aromatic carbocycles. The second kappa shape index (κ2) is 7.30. The minimum atomic E-state index is -0.393. The summed E-state index contributed by atoms with van der Waals surface area (Å²) < 4.78 is 4.64. The zero-order chi connectivity index (χ0) is 15.2. The Labute approximate surface area is 134 Å². The average Bonchev–Trinajstić information content (AvgIpc) is 2.51. The SMILES string of the molecule is COC(=O)/C=C/[C@@H](c1ccccc1)c1ccc(Cl)c(Cl)c1. The van der Waals surface area contributed by atoms with Crippen LogP contribution < -0.4 is 0 Å². The lowest BCUT2D eigenvalue weighted by molar-refractivity contribution is -0.134. The number of carbonyl (C=O) groups excluding carboxylic acids is 1. The van der Waals surface area contributed by atoms with Crippen LogP contribution in [0.3, 0.4) is 0 Å². The van der Waals surface area contributed by atoms with Gasteiger partial charge in [0.25, 0.3) is 0 Å². The van der Waals surface area contributed by atoms with Gasteiger partial charge in [-0.15, -0.1) is 0 Å². The van der Waals surface area contributed by atoms with Crippen molar-refractivity contribution in [1.82, 2.24) is 0 Å². The fraction of sp³-hybridized carbons (Fsp3) is 0.118. The third-order valence-electron chi connectivity index (χ3n) is 3.09. The number of halogens is 2. The molecule has 1 atom stereocenters. The fourth-order valence-electron chi connectivity index (χ4n) is 2.02. The number of hydrogen-bond donors (Lipinski definition) is 0. The van der Waals surface area contributed by atoms with Crippen LogP contribution in [0.2, 0.25) is 10.0 Å². The molecule has 0 radical (unpaired) electrons. The molecule has 0 amide bonds. The highest BCUT2D eigenvalue weighted by Gasteiger charge is 2.13. The average molecular weight is 321 g/mol. The second-order valence-electron chi connectivity index (χ2n) is 4.44. The van der Waals surface area contributed by atoms with E-state index >= 15 is 0 Å². The Balaban J connectivity index is 2.42. The van der Waals surface area contributed by atoms with Gasteiger partial charge in [0.1, 0.15) is 0 Å². The normalized spacial score (nSPS) is 12.3. The summed E-state index contributed by atoms with van der Waals surface area (Å²) in [6, 6.07) is 15.3. The van der Waals surface area contributed by atoms with Gasteiger partial charge in [-0.05, 0) is 23.3 Å². The van der Waals surface area contributed by atoms with E-state index in [1.807, 2.05) is 42.5 Å². The number of hydrogen-bond acceptors (Lipinski definition) is 2. The summed E-state index contributed by atoms with van der Waals surface area (Å²) in [5, 5.41) is 0.991. The molecule has 0 aliphatic heterocycles. The molecular weight excluding hydrogens is 307 g/mol. The van der Waals surface area contributed by atoms with Crippen LogP contribution in [0.25, 0.3) is 0 Å². The van der Waals surface area contributed by atoms with Gasteiger partial charge in [-0.2, -0.15) is 0 Å². The monoisotopic (exact) mass is 320 g/mol.